The smallest absolute Gasteiger partial charge is 0.0954 e. The average molecular weight is 345 g/mol. The second-order valence-corrected chi connectivity index (χ2v) is 10.2. The number of hydrogen-bond donors (Lipinski definition) is 0. The minimum absolute atomic E-state index is 0.135. The summed E-state index contributed by atoms with van der Waals surface area (Å²) in [5.74, 6) is 0.772. The molecule has 0 spiro atoms. The van der Waals surface area contributed by atoms with Crippen LogP contribution in [0.15, 0.2) is 25.0 Å². The molecule has 2 aromatic rings. The number of aromatic nitrogens is 4. The van der Waals surface area contributed by atoms with Crippen molar-refractivity contribution in [3.8, 4) is 0 Å². The molecule has 3 rings (SSSR count). The van der Waals surface area contributed by atoms with Crippen LogP contribution in [-0.2, 0) is 16.5 Å². The molecule has 0 N–H and O–H groups in total. The summed E-state index contributed by atoms with van der Waals surface area (Å²) in [4.78, 5) is 8.82. The molecule has 4 nitrogen and oxygen atoms in total. The van der Waals surface area contributed by atoms with Gasteiger partial charge in [-0.15, -0.1) is 0 Å². The van der Waals surface area contributed by atoms with Crippen LogP contribution in [0.2, 0.25) is 0 Å². The maximum Gasteiger partial charge on any atom is 0.0954 e. The summed E-state index contributed by atoms with van der Waals surface area (Å²) in [7, 11) is 0. The number of imidazole rings is 2. The standard InChI is InChI=1S/C11H20N2.C10H16N2/c1-10(2,3)9-7-13(8-12-9)11(4,5)6;1-10(2,3)12-6-9(11-7-12)8-4-5-8/h7-8H,1-6H3;6-8H,4-5H2,1-3H3. The molecule has 1 saturated carbocycles. The van der Waals surface area contributed by atoms with Crippen LogP contribution in [0, 0.1) is 0 Å². The van der Waals surface area contributed by atoms with Crippen molar-refractivity contribution in [2.24, 2.45) is 0 Å². The topological polar surface area (TPSA) is 35.6 Å². The van der Waals surface area contributed by atoms with Crippen LogP contribution in [0.5, 0.6) is 0 Å². The highest BCUT2D eigenvalue weighted by molar-refractivity contribution is 5.12. The number of nitrogens with zero attached hydrogens (tertiary/aromatic N) is 4. The van der Waals surface area contributed by atoms with Gasteiger partial charge in [0.25, 0.3) is 0 Å². The van der Waals surface area contributed by atoms with Gasteiger partial charge in [0.05, 0.1) is 24.0 Å². The summed E-state index contributed by atoms with van der Waals surface area (Å²) in [6.45, 7) is 19.7. The zero-order valence-corrected chi connectivity index (χ0v) is 17.6. The van der Waals surface area contributed by atoms with Crippen molar-refractivity contribution in [3.05, 3.63) is 36.4 Å². The van der Waals surface area contributed by atoms with Gasteiger partial charge in [-0.3, -0.25) is 0 Å². The lowest BCUT2D eigenvalue weighted by Crippen LogP contribution is -2.20. The molecule has 2 aromatic heterocycles. The molecule has 2 heterocycles. The molecule has 140 valence electrons. The summed E-state index contributed by atoms with van der Waals surface area (Å²) in [5, 5.41) is 0. The molecule has 0 atom stereocenters. The normalized spacial score (nSPS) is 15.7. The van der Waals surface area contributed by atoms with E-state index in [0.717, 1.165) is 11.6 Å². The van der Waals surface area contributed by atoms with Crippen molar-refractivity contribution >= 4 is 0 Å². The lowest BCUT2D eigenvalue weighted by molar-refractivity contribution is 0.395. The van der Waals surface area contributed by atoms with E-state index in [9.17, 15) is 0 Å². The Morgan fingerprint density at radius 2 is 1.24 bits per heavy atom. The Bertz CT molecular complexity index is 654. The van der Waals surface area contributed by atoms with Crippen LogP contribution in [-0.4, -0.2) is 19.1 Å². The first-order valence-corrected chi connectivity index (χ1v) is 9.38. The minimum atomic E-state index is 0.135. The van der Waals surface area contributed by atoms with E-state index in [4.69, 9.17) is 0 Å². The Labute approximate surface area is 153 Å². The molecule has 0 aliphatic heterocycles. The van der Waals surface area contributed by atoms with Crippen molar-refractivity contribution in [3.63, 3.8) is 0 Å². The van der Waals surface area contributed by atoms with Crippen LogP contribution in [0.25, 0.3) is 0 Å². The van der Waals surface area contributed by atoms with E-state index in [1.54, 1.807) is 0 Å². The predicted octanol–water partition coefficient (Wildman–Crippen LogP) is 5.45. The zero-order valence-electron chi connectivity index (χ0n) is 17.6. The molecule has 1 fully saturated rings. The fourth-order valence-corrected chi connectivity index (χ4v) is 2.37. The highest BCUT2D eigenvalue weighted by atomic mass is 15.1. The van der Waals surface area contributed by atoms with E-state index in [1.807, 2.05) is 12.7 Å². The number of hydrogen-bond acceptors (Lipinski definition) is 2. The Kier molecular flexibility index (Phi) is 5.23. The fraction of sp³-hybridized carbons (Fsp3) is 0.714. The molecule has 4 heteroatoms. The van der Waals surface area contributed by atoms with E-state index >= 15 is 0 Å². The zero-order chi connectivity index (χ0) is 19.0. The maximum absolute atomic E-state index is 4.42. The summed E-state index contributed by atoms with van der Waals surface area (Å²) in [5.41, 5.74) is 2.90. The molecule has 0 saturated heterocycles. The predicted molar refractivity (Wildman–Crippen MR) is 105 cm³/mol. The SMILES string of the molecule is CC(C)(C)c1cn(C(C)(C)C)cn1.CC(C)(C)n1cnc(C2CC2)c1. The monoisotopic (exact) mass is 344 g/mol. The Balaban J connectivity index is 0.000000181. The van der Waals surface area contributed by atoms with E-state index < -0.39 is 0 Å². The third-order valence-corrected chi connectivity index (χ3v) is 4.50. The average Bonchev–Trinajstić information content (AvgIpc) is 2.97. The van der Waals surface area contributed by atoms with Gasteiger partial charge in [0, 0.05) is 34.8 Å². The number of rotatable bonds is 1. The second kappa shape index (κ2) is 6.62. The molecule has 1 aliphatic carbocycles. The van der Waals surface area contributed by atoms with Crippen LogP contribution < -0.4 is 0 Å². The molecule has 1 aliphatic rings. The van der Waals surface area contributed by atoms with Crippen LogP contribution in [0.3, 0.4) is 0 Å². The van der Waals surface area contributed by atoms with Gasteiger partial charge in [-0.05, 0) is 54.4 Å². The van der Waals surface area contributed by atoms with Crippen molar-refractivity contribution in [2.45, 2.75) is 97.6 Å². The largest absolute Gasteiger partial charge is 0.332 e. The van der Waals surface area contributed by atoms with Gasteiger partial charge in [-0.1, -0.05) is 20.8 Å². The van der Waals surface area contributed by atoms with Crippen LogP contribution >= 0.6 is 0 Å². The van der Waals surface area contributed by atoms with Gasteiger partial charge in [0.1, 0.15) is 0 Å². The Morgan fingerprint density at radius 3 is 1.56 bits per heavy atom. The van der Waals surface area contributed by atoms with Crippen molar-refractivity contribution < 1.29 is 0 Å². The van der Waals surface area contributed by atoms with E-state index in [-0.39, 0.29) is 16.5 Å². The first-order chi connectivity index (χ1) is 11.3. The van der Waals surface area contributed by atoms with Gasteiger partial charge in [0.15, 0.2) is 0 Å². The van der Waals surface area contributed by atoms with Gasteiger partial charge in [-0.25, -0.2) is 9.97 Å². The highest BCUT2D eigenvalue weighted by Gasteiger charge is 2.26. The van der Waals surface area contributed by atoms with Gasteiger partial charge < -0.3 is 9.13 Å². The highest BCUT2D eigenvalue weighted by Crippen LogP contribution is 2.39. The van der Waals surface area contributed by atoms with E-state index in [2.05, 4.69) is 93.8 Å². The van der Waals surface area contributed by atoms with Gasteiger partial charge in [0.2, 0.25) is 0 Å². The molecule has 0 unspecified atom stereocenters. The van der Waals surface area contributed by atoms with Crippen molar-refractivity contribution in [1.82, 2.24) is 19.1 Å². The minimum Gasteiger partial charge on any atom is -0.332 e. The summed E-state index contributed by atoms with van der Waals surface area (Å²) in [6.07, 6.45) is 10.9. The molecule has 0 bridgehead atoms. The molecular weight excluding hydrogens is 308 g/mol. The third-order valence-electron chi connectivity index (χ3n) is 4.50. The first kappa shape index (κ1) is 19.7. The fourth-order valence-electron chi connectivity index (χ4n) is 2.37. The molecule has 0 aromatic carbocycles. The van der Waals surface area contributed by atoms with Crippen molar-refractivity contribution in [1.29, 1.82) is 0 Å². The Hall–Kier alpha value is -1.58. The van der Waals surface area contributed by atoms with Gasteiger partial charge >= 0.3 is 0 Å². The second-order valence-electron chi connectivity index (χ2n) is 10.2. The summed E-state index contributed by atoms with van der Waals surface area (Å²) >= 11 is 0. The van der Waals surface area contributed by atoms with Crippen LogP contribution in [0.4, 0.5) is 0 Å². The summed E-state index contributed by atoms with van der Waals surface area (Å²) in [6, 6.07) is 0. The quantitative estimate of drug-likeness (QED) is 0.689. The Morgan fingerprint density at radius 1 is 0.760 bits per heavy atom. The molecular formula is C21H36N4. The molecule has 0 radical (unpaired) electrons. The van der Waals surface area contributed by atoms with Crippen LogP contribution in [0.1, 0.15) is 92.5 Å². The lowest BCUT2D eigenvalue weighted by Gasteiger charge is -2.20. The van der Waals surface area contributed by atoms with E-state index in [1.165, 1.54) is 18.5 Å². The van der Waals surface area contributed by atoms with E-state index in [0.29, 0.717) is 0 Å². The molecule has 25 heavy (non-hydrogen) atoms. The first-order valence-electron chi connectivity index (χ1n) is 9.38. The van der Waals surface area contributed by atoms with Gasteiger partial charge in [-0.2, -0.15) is 0 Å². The maximum atomic E-state index is 4.42. The third kappa shape index (κ3) is 5.45. The lowest BCUT2D eigenvalue weighted by atomic mass is 9.93. The summed E-state index contributed by atoms with van der Waals surface area (Å²) < 4.78 is 4.36. The molecule has 0 amide bonds. The van der Waals surface area contributed by atoms with Crippen molar-refractivity contribution in [2.75, 3.05) is 0 Å².